The van der Waals surface area contributed by atoms with Crippen molar-refractivity contribution < 1.29 is 33.8 Å². The molecule has 0 aliphatic carbocycles. The topological polar surface area (TPSA) is 122 Å². The highest BCUT2D eigenvalue weighted by atomic mass is 16.6. The van der Waals surface area contributed by atoms with Gasteiger partial charge in [0.2, 0.25) is 5.91 Å². The maximum atomic E-state index is 13.2. The van der Waals surface area contributed by atoms with Gasteiger partial charge >= 0.3 is 18.0 Å². The maximum Gasteiger partial charge on any atom is 0.408 e. The number of rotatable bonds is 9. The van der Waals surface area contributed by atoms with Gasteiger partial charge in [-0.15, -0.1) is 6.58 Å². The lowest BCUT2D eigenvalue weighted by atomic mass is 9.75. The third-order valence-electron chi connectivity index (χ3n) is 3.76. The van der Waals surface area contributed by atoms with Crippen LogP contribution in [-0.2, 0) is 23.9 Å². The first-order valence-electron chi connectivity index (χ1n) is 9.41. The molecular formula is C20H34N2O7. The molecule has 1 unspecified atom stereocenters. The Morgan fingerprint density at radius 1 is 1.14 bits per heavy atom. The summed E-state index contributed by atoms with van der Waals surface area (Å²) < 4.78 is 10.1. The zero-order valence-corrected chi connectivity index (χ0v) is 18.4. The number of carboxylic acids is 1. The Balaban J connectivity index is 5.98. The number of nitrogens with one attached hydrogen (secondary N) is 1. The maximum absolute atomic E-state index is 13.2. The molecule has 0 bridgehead atoms. The van der Waals surface area contributed by atoms with Gasteiger partial charge in [0.15, 0.2) is 0 Å². The number of carbonyl (C=O) groups is 4. The van der Waals surface area contributed by atoms with Gasteiger partial charge in [0.25, 0.3) is 0 Å². The number of nitrogens with zero attached hydrogens (tertiary/aromatic N) is 1. The summed E-state index contributed by atoms with van der Waals surface area (Å²) in [6.45, 7) is 14.8. The van der Waals surface area contributed by atoms with E-state index in [0.717, 1.165) is 4.90 Å². The molecule has 0 saturated carbocycles. The van der Waals surface area contributed by atoms with Crippen molar-refractivity contribution in [3.63, 3.8) is 0 Å². The lowest BCUT2D eigenvalue weighted by Crippen LogP contribution is -2.58. The van der Waals surface area contributed by atoms with E-state index in [0.29, 0.717) is 0 Å². The second-order valence-corrected chi connectivity index (χ2v) is 8.62. The van der Waals surface area contributed by atoms with Crippen LogP contribution >= 0.6 is 0 Å². The number of hydrogen-bond donors (Lipinski definition) is 2. The molecule has 0 rings (SSSR count). The molecule has 2 N–H and O–H groups in total. The monoisotopic (exact) mass is 414 g/mol. The Kier molecular flexibility index (Phi) is 9.86. The fourth-order valence-electron chi connectivity index (χ4n) is 2.68. The first kappa shape index (κ1) is 26.4. The second kappa shape index (κ2) is 10.8. The summed E-state index contributed by atoms with van der Waals surface area (Å²) in [5.74, 6) is -3.94. The number of amides is 2. The molecule has 2 atom stereocenters. The highest BCUT2D eigenvalue weighted by Crippen LogP contribution is 2.30. The normalized spacial score (nSPS) is 13.6. The Morgan fingerprint density at radius 3 is 2.07 bits per heavy atom. The molecule has 0 aliphatic rings. The second-order valence-electron chi connectivity index (χ2n) is 8.62. The standard InChI is InChI=1S/C20H34N2O7/c1-9-11-22(12-13(23)28-10-2)16(24)15(14(17(25)26)19(3,4)5)21-18(27)29-20(6,7)8/h9,14-15H,1,10-12H2,2-8H3,(H,21,27)(H,25,26)/t14-,15?/m0/s1. The molecule has 9 nitrogen and oxygen atoms in total. The van der Waals surface area contributed by atoms with Crippen molar-refractivity contribution in [2.24, 2.45) is 11.3 Å². The number of carboxylic acid groups (broad SMARTS) is 1. The van der Waals surface area contributed by atoms with E-state index in [1.165, 1.54) is 6.08 Å². The third kappa shape index (κ3) is 9.45. The van der Waals surface area contributed by atoms with Gasteiger partial charge in [0.1, 0.15) is 18.2 Å². The molecule has 166 valence electrons. The average molecular weight is 414 g/mol. The van der Waals surface area contributed by atoms with Gasteiger partial charge in [-0.3, -0.25) is 14.4 Å². The number of aliphatic carboxylic acids is 1. The zero-order chi connectivity index (χ0) is 23.0. The number of hydrogen-bond acceptors (Lipinski definition) is 6. The molecule has 0 aromatic rings. The molecular weight excluding hydrogens is 380 g/mol. The van der Waals surface area contributed by atoms with Crippen LogP contribution < -0.4 is 5.32 Å². The highest BCUT2D eigenvalue weighted by molar-refractivity contribution is 5.92. The highest BCUT2D eigenvalue weighted by Gasteiger charge is 2.45. The lowest BCUT2D eigenvalue weighted by molar-refractivity contribution is -0.154. The summed E-state index contributed by atoms with van der Waals surface area (Å²) in [6, 6.07) is -1.46. The van der Waals surface area contributed by atoms with E-state index in [1.54, 1.807) is 48.5 Å². The summed E-state index contributed by atoms with van der Waals surface area (Å²) in [4.78, 5) is 50.5. The summed E-state index contributed by atoms with van der Waals surface area (Å²) in [7, 11) is 0. The number of esters is 1. The summed E-state index contributed by atoms with van der Waals surface area (Å²) in [5.41, 5.74) is -1.73. The molecule has 0 aliphatic heterocycles. The Bertz CT molecular complexity index is 617. The van der Waals surface area contributed by atoms with E-state index in [2.05, 4.69) is 11.9 Å². The molecule has 0 heterocycles. The van der Waals surface area contributed by atoms with E-state index in [-0.39, 0.29) is 13.2 Å². The van der Waals surface area contributed by atoms with Crippen LogP contribution in [0.5, 0.6) is 0 Å². The molecule has 9 heteroatoms. The van der Waals surface area contributed by atoms with Crippen LogP contribution in [0.25, 0.3) is 0 Å². The molecule has 29 heavy (non-hydrogen) atoms. The van der Waals surface area contributed by atoms with Crippen molar-refractivity contribution >= 4 is 23.9 Å². The van der Waals surface area contributed by atoms with Crippen LogP contribution in [-0.4, -0.2) is 65.3 Å². The molecule has 0 radical (unpaired) electrons. The van der Waals surface area contributed by atoms with Gasteiger partial charge in [0, 0.05) is 6.54 Å². The summed E-state index contributed by atoms with van der Waals surface area (Å²) in [5, 5.41) is 12.2. The minimum atomic E-state index is -1.46. The van der Waals surface area contributed by atoms with Crippen LogP contribution in [0.4, 0.5) is 4.79 Å². The molecule has 0 saturated heterocycles. The van der Waals surface area contributed by atoms with Crippen molar-refractivity contribution in [3.8, 4) is 0 Å². The number of ether oxygens (including phenoxy) is 2. The van der Waals surface area contributed by atoms with Crippen LogP contribution in [0.1, 0.15) is 48.5 Å². The number of alkyl carbamates (subject to hydrolysis) is 1. The van der Waals surface area contributed by atoms with Crippen LogP contribution in [0, 0.1) is 11.3 Å². The first-order chi connectivity index (χ1) is 13.1. The fourth-order valence-corrected chi connectivity index (χ4v) is 2.68. The van der Waals surface area contributed by atoms with Crippen molar-refractivity contribution in [1.82, 2.24) is 10.2 Å². The zero-order valence-electron chi connectivity index (χ0n) is 18.4. The van der Waals surface area contributed by atoms with Crippen LogP contribution in [0.2, 0.25) is 0 Å². The molecule has 2 amide bonds. The van der Waals surface area contributed by atoms with Crippen molar-refractivity contribution in [2.45, 2.75) is 60.1 Å². The van der Waals surface area contributed by atoms with Crippen molar-refractivity contribution in [3.05, 3.63) is 12.7 Å². The fraction of sp³-hybridized carbons (Fsp3) is 0.700. The predicted octanol–water partition coefficient (Wildman–Crippen LogP) is 2.20. The Morgan fingerprint density at radius 2 is 1.69 bits per heavy atom. The van der Waals surface area contributed by atoms with Crippen LogP contribution in [0.3, 0.4) is 0 Å². The molecule has 0 aromatic heterocycles. The molecule has 0 fully saturated rings. The van der Waals surface area contributed by atoms with Crippen LogP contribution in [0.15, 0.2) is 12.7 Å². The number of carbonyl (C=O) groups excluding carboxylic acids is 3. The summed E-state index contributed by atoms with van der Waals surface area (Å²) in [6.07, 6.45) is 0.468. The molecule has 0 spiro atoms. The predicted molar refractivity (Wildman–Crippen MR) is 107 cm³/mol. The van der Waals surface area contributed by atoms with E-state index in [1.807, 2.05) is 0 Å². The lowest BCUT2D eigenvalue weighted by Gasteiger charge is -2.36. The average Bonchev–Trinajstić information content (AvgIpc) is 2.49. The largest absolute Gasteiger partial charge is 0.481 e. The van der Waals surface area contributed by atoms with Gasteiger partial charge in [-0.25, -0.2) is 4.79 Å². The Hall–Kier alpha value is -2.58. The quantitative estimate of drug-likeness (QED) is 0.438. The van der Waals surface area contributed by atoms with Gasteiger partial charge in [-0.05, 0) is 33.1 Å². The van der Waals surface area contributed by atoms with Gasteiger partial charge in [-0.2, -0.15) is 0 Å². The van der Waals surface area contributed by atoms with E-state index in [9.17, 15) is 24.3 Å². The van der Waals surface area contributed by atoms with E-state index in [4.69, 9.17) is 9.47 Å². The minimum Gasteiger partial charge on any atom is -0.481 e. The van der Waals surface area contributed by atoms with Crippen molar-refractivity contribution in [1.29, 1.82) is 0 Å². The van der Waals surface area contributed by atoms with Crippen molar-refractivity contribution in [2.75, 3.05) is 19.7 Å². The van der Waals surface area contributed by atoms with E-state index < -0.39 is 53.5 Å². The SMILES string of the molecule is C=CCN(CC(=O)OCC)C(=O)C(NC(=O)OC(C)(C)C)[C@@H](C(=O)O)C(C)(C)C. The molecule has 0 aromatic carbocycles. The van der Waals surface area contributed by atoms with E-state index >= 15 is 0 Å². The first-order valence-corrected chi connectivity index (χ1v) is 9.41. The Labute approximate surface area is 172 Å². The van der Waals surface area contributed by atoms with Gasteiger partial charge < -0.3 is 24.8 Å². The minimum absolute atomic E-state index is 0.0272. The van der Waals surface area contributed by atoms with Gasteiger partial charge in [0.05, 0.1) is 12.5 Å². The van der Waals surface area contributed by atoms with Gasteiger partial charge in [-0.1, -0.05) is 26.8 Å². The third-order valence-corrected chi connectivity index (χ3v) is 3.76. The summed E-state index contributed by atoms with van der Waals surface area (Å²) >= 11 is 0. The smallest absolute Gasteiger partial charge is 0.408 e.